The molecule has 7 nitrogen and oxygen atoms in total. The number of hydrogen-bond acceptors (Lipinski definition) is 7. The molecular weight excluding hydrogens is 280 g/mol. The lowest BCUT2D eigenvalue weighted by Crippen LogP contribution is -2.33. The Bertz CT molecular complexity index is 462. The highest BCUT2D eigenvalue weighted by atomic mass is 32.1. The fourth-order valence-electron chi connectivity index (χ4n) is 1.84. The number of aliphatic hydroxyl groups excluding tert-OH is 1. The molecule has 1 aromatic rings. The number of nitrogens with two attached hydrogens (primary N) is 1. The Morgan fingerprint density at radius 3 is 2.95 bits per heavy atom. The van der Waals surface area contributed by atoms with Crippen molar-refractivity contribution in [2.24, 2.45) is 0 Å². The molecule has 0 spiro atoms. The van der Waals surface area contributed by atoms with E-state index in [9.17, 15) is 4.79 Å². The number of aliphatic hydroxyl groups is 1. The van der Waals surface area contributed by atoms with Crippen LogP contribution in [0.25, 0.3) is 0 Å². The fraction of sp³-hybridized carbons (Fsp3) is 0.667. The van der Waals surface area contributed by atoms with E-state index in [0.29, 0.717) is 30.3 Å². The van der Waals surface area contributed by atoms with E-state index in [1.165, 1.54) is 11.5 Å². The zero-order chi connectivity index (χ0) is 14.5. The van der Waals surface area contributed by atoms with Crippen molar-refractivity contribution in [3.8, 4) is 0 Å². The van der Waals surface area contributed by atoms with E-state index in [4.69, 9.17) is 15.6 Å². The second-order valence-electron chi connectivity index (χ2n) is 4.70. The van der Waals surface area contributed by atoms with Crippen LogP contribution in [-0.4, -0.2) is 54.8 Å². The summed E-state index contributed by atoms with van der Waals surface area (Å²) >= 11 is 1.17. The van der Waals surface area contributed by atoms with Gasteiger partial charge in [0.25, 0.3) is 5.91 Å². The zero-order valence-electron chi connectivity index (χ0n) is 11.5. The van der Waals surface area contributed by atoms with Crippen LogP contribution in [0.4, 0.5) is 10.8 Å². The summed E-state index contributed by atoms with van der Waals surface area (Å²) < 4.78 is 9.12. The first-order valence-corrected chi connectivity index (χ1v) is 7.35. The smallest absolute Gasteiger partial charge is 0.258 e. The minimum Gasteiger partial charge on any atom is -0.395 e. The summed E-state index contributed by atoms with van der Waals surface area (Å²) in [5, 5.41) is 12.8. The Morgan fingerprint density at radius 2 is 2.35 bits per heavy atom. The van der Waals surface area contributed by atoms with Crippen molar-refractivity contribution in [1.29, 1.82) is 0 Å². The van der Waals surface area contributed by atoms with Crippen molar-refractivity contribution in [2.75, 3.05) is 44.0 Å². The molecule has 1 amide bonds. The highest BCUT2D eigenvalue weighted by molar-refractivity contribution is 7.11. The van der Waals surface area contributed by atoms with E-state index >= 15 is 0 Å². The molecular formula is C12H20N4O3S. The summed E-state index contributed by atoms with van der Waals surface area (Å²) in [6, 6.07) is 0.264. The third-order valence-electron chi connectivity index (χ3n) is 3.06. The van der Waals surface area contributed by atoms with Gasteiger partial charge in [0.2, 0.25) is 0 Å². The molecule has 1 heterocycles. The molecule has 0 atom stereocenters. The Hall–Kier alpha value is -1.38. The van der Waals surface area contributed by atoms with Crippen molar-refractivity contribution < 1.29 is 14.6 Å². The van der Waals surface area contributed by atoms with Gasteiger partial charge in [-0.1, -0.05) is 0 Å². The van der Waals surface area contributed by atoms with Crippen LogP contribution in [0.2, 0.25) is 0 Å². The number of methoxy groups -OCH3 is 1. The lowest BCUT2D eigenvalue weighted by atomic mass is 10.2. The average Bonchev–Trinajstić information content (AvgIpc) is 3.15. The van der Waals surface area contributed by atoms with Gasteiger partial charge in [-0.15, -0.1) is 0 Å². The highest BCUT2D eigenvalue weighted by Gasteiger charge is 2.28. The predicted molar refractivity (Wildman–Crippen MR) is 78.2 cm³/mol. The van der Waals surface area contributed by atoms with Gasteiger partial charge in [0, 0.05) is 26.2 Å². The Labute approximate surface area is 121 Å². The summed E-state index contributed by atoms with van der Waals surface area (Å²) in [4.78, 5) is 14.1. The number of amides is 1. The maximum atomic E-state index is 12.2. The van der Waals surface area contributed by atoms with Gasteiger partial charge in [-0.05, 0) is 24.4 Å². The number of rotatable bonds is 8. The Kier molecular flexibility index (Phi) is 5.16. The number of nitrogen functional groups attached to an aromatic ring is 1. The molecule has 0 aliphatic heterocycles. The SMILES string of the molecule is COCCN(CCO)c1snc(N)c1C(=O)NC1CC1. The topological polar surface area (TPSA) is 101 Å². The molecule has 112 valence electrons. The van der Waals surface area contributed by atoms with Gasteiger partial charge in [-0.25, -0.2) is 0 Å². The number of aromatic nitrogens is 1. The van der Waals surface area contributed by atoms with Crippen molar-refractivity contribution in [3.05, 3.63) is 5.56 Å². The number of carbonyl (C=O) groups excluding carboxylic acids is 1. The van der Waals surface area contributed by atoms with Gasteiger partial charge in [0.05, 0.1) is 13.2 Å². The molecule has 1 saturated carbocycles. The second kappa shape index (κ2) is 6.87. The highest BCUT2D eigenvalue weighted by Crippen LogP contribution is 2.31. The maximum Gasteiger partial charge on any atom is 0.258 e. The molecule has 1 aliphatic carbocycles. The number of ether oxygens (including phenoxy) is 1. The molecule has 20 heavy (non-hydrogen) atoms. The van der Waals surface area contributed by atoms with Crippen LogP contribution < -0.4 is 16.0 Å². The fourth-order valence-corrected chi connectivity index (χ4v) is 2.71. The van der Waals surface area contributed by atoms with Crippen molar-refractivity contribution in [3.63, 3.8) is 0 Å². The standard InChI is InChI=1S/C12H20N4O3S/c1-19-7-5-16(4-6-17)12-9(10(13)15-20-12)11(18)14-8-2-3-8/h8,17H,2-7H2,1H3,(H2,13,15)(H,14,18). The molecule has 0 bridgehead atoms. The lowest BCUT2D eigenvalue weighted by molar-refractivity contribution is 0.0952. The van der Waals surface area contributed by atoms with Crippen LogP contribution >= 0.6 is 11.5 Å². The monoisotopic (exact) mass is 300 g/mol. The molecule has 0 aromatic carbocycles. The first-order valence-electron chi connectivity index (χ1n) is 6.58. The number of nitrogens with one attached hydrogen (secondary N) is 1. The third-order valence-corrected chi connectivity index (χ3v) is 3.99. The number of nitrogens with zero attached hydrogens (tertiary/aromatic N) is 2. The molecule has 8 heteroatoms. The Balaban J connectivity index is 2.17. The van der Waals surface area contributed by atoms with Crippen LogP contribution in [0.5, 0.6) is 0 Å². The van der Waals surface area contributed by atoms with Crippen LogP contribution in [0.1, 0.15) is 23.2 Å². The first kappa shape index (κ1) is 15.0. The summed E-state index contributed by atoms with van der Waals surface area (Å²) in [6.07, 6.45) is 2.03. The largest absolute Gasteiger partial charge is 0.395 e. The predicted octanol–water partition coefficient (Wildman–Crippen LogP) is 0.0626. The van der Waals surface area contributed by atoms with Crippen LogP contribution in [-0.2, 0) is 4.74 Å². The quantitative estimate of drug-likeness (QED) is 0.628. The minimum atomic E-state index is -0.186. The molecule has 0 radical (unpaired) electrons. The summed E-state index contributed by atoms with van der Waals surface area (Å²) in [5.74, 6) is 0.0533. The van der Waals surface area contributed by atoms with Gasteiger partial charge < -0.3 is 25.8 Å². The summed E-state index contributed by atoms with van der Waals surface area (Å²) in [6.45, 7) is 1.48. The Morgan fingerprint density at radius 1 is 1.60 bits per heavy atom. The van der Waals surface area contributed by atoms with Crippen molar-refractivity contribution in [1.82, 2.24) is 9.69 Å². The second-order valence-corrected chi connectivity index (χ2v) is 5.45. The van der Waals surface area contributed by atoms with Gasteiger partial charge in [-0.3, -0.25) is 4.79 Å². The summed E-state index contributed by atoms with van der Waals surface area (Å²) in [7, 11) is 1.61. The normalized spacial score (nSPS) is 14.3. The van der Waals surface area contributed by atoms with Crippen LogP contribution in [0.15, 0.2) is 0 Å². The number of anilines is 2. The minimum absolute atomic E-state index is 0.00873. The first-order chi connectivity index (χ1) is 9.67. The van der Waals surface area contributed by atoms with Gasteiger partial charge in [-0.2, -0.15) is 4.37 Å². The molecule has 0 saturated heterocycles. The maximum absolute atomic E-state index is 12.2. The molecule has 2 rings (SSSR count). The van der Waals surface area contributed by atoms with Gasteiger partial charge in [0.15, 0.2) is 5.82 Å². The molecule has 4 N–H and O–H groups in total. The van der Waals surface area contributed by atoms with Gasteiger partial charge >= 0.3 is 0 Å². The average molecular weight is 300 g/mol. The molecule has 1 aliphatic rings. The van der Waals surface area contributed by atoms with E-state index in [1.807, 2.05) is 4.90 Å². The molecule has 1 aromatic heterocycles. The zero-order valence-corrected chi connectivity index (χ0v) is 12.3. The van der Waals surface area contributed by atoms with E-state index in [2.05, 4.69) is 9.69 Å². The van der Waals surface area contributed by atoms with E-state index < -0.39 is 0 Å². The number of carbonyl (C=O) groups is 1. The van der Waals surface area contributed by atoms with Crippen LogP contribution in [0, 0.1) is 0 Å². The summed E-state index contributed by atoms with van der Waals surface area (Å²) in [5.41, 5.74) is 6.23. The third kappa shape index (κ3) is 3.59. The molecule has 0 unspecified atom stereocenters. The lowest BCUT2D eigenvalue weighted by Gasteiger charge is -2.22. The van der Waals surface area contributed by atoms with Gasteiger partial charge in [0.1, 0.15) is 10.6 Å². The number of hydrogen-bond donors (Lipinski definition) is 3. The van der Waals surface area contributed by atoms with E-state index in [1.54, 1.807) is 7.11 Å². The van der Waals surface area contributed by atoms with Crippen molar-refractivity contribution >= 4 is 28.3 Å². The van der Waals surface area contributed by atoms with E-state index in [-0.39, 0.29) is 24.4 Å². The van der Waals surface area contributed by atoms with Crippen molar-refractivity contribution in [2.45, 2.75) is 18.9 Å². The van der Waals surface area contributed by atoms with E-state index in [0.717, 1.165) is 12.8 Å². The van der Waals surface area contributed by atoms with Crippen LogP contribution in [0.3, 0.4) is 0 Å². The molecule has 1 fully saturated rings.